The minimum Gasteiger partial charge on any atom is -0.346 e. The van der Waals surface area contributed by atoms with Crippen LogP contribution >= 0.6 is 23.8 Å². The lowest BCUT2D eigenvalue weighted by atomic mass is 10.1. The first kappa shape index (κ1) is 19.9. The van der Waals surface area contributed by atoms with Crippen LogP contribution in [-0.4, -0.2) is 41.1 Å². The second-order valence-corrected chi connectivity index (χ2v) is 7.22. The lowest BCUT2D eigenvalue weighted by molar-refractivity contribution is -0.137. The summed E-state index contributed by atoms with van der Waals surface area (Å²) in [6, 6.07) is 12.8. The van der Waals surface area contributed by atoms with E-state index >= 15 is 0 Å². The monoisotopic (exact) mass is 413 g/mol. The third kappa shape index (κ3) is 5.57. The standard InChI is InChI=1S/C19H19ClF3N3S/c20-16-5-2-6-17(12-16)24-18(27)26-9-7-25(8-10-26)13-14-3-1-4-15(11-14)19(21,22)23/h1-6,11-12H,7-10,13H2,(H,24,27). The number of halogens is 4. The van der Waals surface area contributed by atoms with Crippen LogP contribution in [0.4, 0.5) is 18.9 Å². The van der Waals surface area contributed by atoms with Crippen LogP contribution in [0.2, 0.25) is 5.02 Å². The van der Waals surface area contributed by atoms with Gasteiger partial charge in [-0.3, -0.25) is 4.90 Å². The van der Waals surface area contributed by atoms with Crippen LogP contribution in [0.15, 0.2) is 48.5 Å². The number of nitrogens with one attached hydrogen (secondary N) is 1. The van der Waals surface area contributed by atoms with Gasteiger partial charge in [-0.25, -0.2) is 0 Å². The number of hydrogen-bond acceptors (Lipinski definition) is 2. The summed E-state index contributed by atoms with van der Waals surface area (Å²) < 4.78 is 38.5. The summed E-state index contributed by atoms with van der Waals surface area (Å²) >= 11 is 11.4. The van der Waals surface area contributed by atoms with Gasteiger partial charge in [0.1, 0.15) is 0 Å². The fourth-order valence-corrected chi connectivity index (χ4v) is 3.47. The first-order valence-electron chi connectivity index (χ1n) is 8.51. The van der Waals surface area contributed by atoms with Crippen molar-refractivity contribution in [2.75, 3.05) is 31.5 Å². The van der Waals surface area contributed by atoms with Gasteiger partial charge >= 0.3 is 6.18 Å². The maximum atomic E-state index is 12.8. The third-order valence-electron chi connectivity index (χ3n) is 4.40. The van der Waals surface area contributed by atoms with Gasteiger partial charge in [-0.1, -0.05) is 35.9 Å². The van der Waals surface area contributed by atoms with Crippen LogP contribution in [-0.2, 0) is 12.7 Å². The predicted molar refractivity (Wildman–Crippen MR) is 106 cm³/mol. The normalized spacial score (nSPS) is 15.6. The second kappa shape index (κ2) is 8.46. The molecule has 0 amide bonds. The topological polar surface area (TPSA) is 18.5 Å². The Balaban J connectivity index is 1.52. The van der Waals surface area contributed by atoms with Crippen LogP contribution in [0.25, 0.3) is 0 Å². The molecule has 2 aromatic carbocycles. The molecule has 8 heteroatoms. The zero-order valence-corrected chi connectivity index (χ0v) is 16.0. The summed E-state index contributed by atoms with van der Waals surface area (Å²) in [6.45, 7) is 3.38. The summed E-state index contributed by atoms with van der Waals surface area (Å²) in [5, 5.41) is 4.42. The highest BCUT2D eigenvalue weighted by Crippen LogP contribution is 2.29. The van der Waals surface area contributed by atoms with E-state index in [9.17, 15) is 13.2 Å². The van der Waals surface area contributed by atoms with Gasteiger partial charge in [-0.15, -0.1) is 0 Å². The van der Waals surface area contributed by atoms with E-state index in [2.05, 4.69) is 15.1 Å². The van der Waals surface area contributed by atoms with Gasteiger partial charge in [0.2, 0.25) is 0 Å². The van der Waals surface area contributed by atoms with E-state index in [0.717, 1.165) is 24.8 Å². The molecule has 0 bridgehead atoms. The number of anilines is 1. The van der Waals surface area contributed by atoms with Gasteiger partial charge in [0.15, 0.2) is 5.11 Å². The Labute approximate surface area is 166 Å². The summed E-state index contributed by atoms with van der Waals surface area (Å²) in [6.07, 6.45) is -4.31. The van der Waals surface area contributed by atoms with Crippen molar-refractivity contribution in [3.63, 3.8) is 0 Å². The van der Waals surface area contributed by atoms with Crippen molar-refractivity contribution in [2.24, 2.45) is 0 Å². The molecule has 1 saturated heterocycles. The van der Waals surface area contributed by atoms with Crippen molar-refractivity contribution in [1.29, 1.82) is 0 Å². The van der Waals surface area contributed by atoms with Crippen molar-refractivity contribution in [3.05, 3.63) is 64.7 Å². The maximum Gasteiger partial charge on any atom is 0.416 e. The molecule has 1 aliphatic heterocycles. The molecule has 0 aromatic heterocycles. The average Bonchev–Trinajstić information content (AvgIpc) is 2.62. The molecule has 1 fully saturated rings. The molecule has 144 valence electrons. The van der Waals surface area contributed by atoms with Crippen molar-refractivity contribution in [1.82, 2.24) is 9.80 Å². The van der Waals surface area contributed by atoms with Crippen molar-refractivity contribution >= 4 is 34.6 Å². The van der Waals surface area contributed by atoms with Gasteiger partial charge in [-0.05, 0) is 42.0 Å². The largest absolute Gasteiger partial charge is 0.416 e. The molecule has 1 N–H and O–H groups in total. The molecule has 2 aromatic rings. The Bertz CT molecular complexity index is 805. The SMILES string of the molecule is FC(F)(F)c1cccc(CN2CCN(C(=S)Nc3cccc(Cl)c3)CC2)c1. The highest BCUT2D eigenvalue weighted by Gasteiger charge is 2.30. The number of piperazine rings is 1. The summed E-state index contributed by atoms with van der Waals surface area (Å²) in [5.74, 6) is 0. The summed E-state index contributed by atoms with van der Waals surface area (Å²) in [7, 11) is 0. The molecule has 0 spiro atoms. The van der Waals surface area contributed by atoms with E-state index in [1.165, 1.54) is 12.1 Å². The minimum atomic E-state index is -4.31. The van der Waals surface area contributed by atoms with E-state index in [1.807, 2.05) is 12.1 Å². The number of benzene rings is 2. The summed E-state index contributed by atoms with van der Waals surface area (Å²) in [5.41, 5.74) is 0.891. The quantitative estimate of drug-likeness (QED) is 0.723. The van der Waals surface area contributed by atoms with Gasteiger partial charge in [-0.2, -0.15) is 13.2 Å². The highest BCUT2D eigenvalue weighted by atomic mass is 35.5. The number of nitrogens with zero attached hydrogens (tertiary/aromatic N) is 2. The minimum absolute atomic E-state index is 0.492. The molecule has 0 aliphatic carbocycles. The smallest absolute Gasteiger partial charge is 0.346 e. The molecule has 27 heavy (non-hydrogen) atoms. The second-order valence-electron chi connectivity index (χ2n) is 6.40. The Kier molecular flexibility index (Phi) is 6.24. The number of hydrogen-bond donors (Lipinski definition) is 1. The molecule has 0 atom stereocenters. The molecule has 1 heterocycles. The predicted octanol–water partition coefficient (Wildman–Crippen LogP) is 4.87. The number of thiocarbonyl (C=S) groups is 1. The molecular formula is C19H19ClF3N3S. The summed E-state index contributed by atoms with van der Waals surface area (Å²) in [4.78, 5) is 4.19. The fourth-order valence-electron chi connectivity index (χ4n) is 2.98. The Morgan fingerprint density at radius 2 is 1.74 bits per heavy atom. The van der Waals surface area contributed by atoms with Crippen molar-refractivity contribution < 1.29 is 13.2 Å². The van der Waals surface area contributed by atoms with Crippen LogP contribution in [0.1, 0.15) is 11.1 Å². The number of alkyl halides is 3. The molecule has 3 nitrogen and oxygen atoms in total. The van der Waals surface area contributed by atoms with Crippen molar-refractivity contribution in [3.8, 4) is 0 Å². The van der Waals surface area contributed by atoms with Crippen LogP contribution < -0.4 is 5.32 Å². The lowest BCUT2D eigenvalue weighted by Gasteiger charge is -2.36. The molecule has 0 saturated carbocycles. The molecule has 1 aliphatic rings. The zero-order valence-electron chi connectivity index (χ0n) is 14.5. The van der Waals surface area contributed by atoms with Gasteiger partial charge in [0.25, 0.3) is 0 Å². The van der Waals surface area contributed by atoms with Crippen molar-refractivity contribution in [2.45, 2.75) is 12.7 Å². The van der Waals surface area contributed by atoms with Gasteiger partial charge in [0.05, 0.1) is 5.56 Å². The lowest BCUT2D eigenvalue weighted by Crippen LogP contribution is -2.49. The molecule has 0 unspecified atom stereocenters. The fraction of sp³-hybridized carbons (Fsp3) is 0.316. The van der Waals surface area contributed by atoms with Gasteiger partial charge in [0, 0.05) is 43.4 Å². The van der Waals surface area contributed by atoms with E-state index < -0.39 is 11.7 Å². The molecule has 3 rings (SSSR count). The Hall–Kier alpha value is -1.83. The Morgan fingerprint density at radius 3 is 2.41 bits per heavy atom. The molecule has 0 radical (unpaired) electrons. The molecular weight excluding hydrogens is 395 g/mol. The van der Waals surface area contributed by atoms with E-state index in [0.29, 0.717) is 35.3 Å². The van der Waals surface area contributed by atoms with Crippen LogP contribution in [0.5, 0.6) is 0 Å². The Morgan fingerprint density at radius 1 is 1.04 bits per heavy atom. The van der Waals surface area contributed by atoms with Crippen LogP contribution in [0.3, 0.4) is 0 Å². The third-order valence-corrected chi connectivity index (χ3v) is 4.99. The van der Waals surface area contributed by atoms with E-state index in [-0.39, 0.29) is 0 Å². The maximum absolute atomic E-state index is 12.8. The van der Waals surface area contributed by atoms with Gasteiger partial charge < -0.3 is 10.2 Å². The number of rotatable bonds is 3. The first-order valence-corrected chi connectivity index (χ1v) is 9.30. The highest BCUT2D eigenvalue weighted by molar-refractivity contribution is 7.80. The van der Waals surface area contributed by atoms with Crippen LogP contribution in [0, 0.1) is 0 Å². The van der Waals surface area contributed by atoms with E-state index in [4.69, 9.17) is 23.8 Å². The zero-order chi connectivity index (χ0) is 19.4. The van der Waals surface area contributed by atoms with E-state index in [1.54, 1.807) is 18.2 Å². The average molecular weight is 414 g/mol. The first-order chi connectivity index (χ1) is 12.8.